The highest BCUT2D eigenvalue weighted by Crippen LogP contribution is 2.19. The van der Waals surface area contributed by atoms with Crippen LogP contribution in [-0.4, -0.2) is 29.6 Å². The minimum Gasteiger partial charge on any atom is -0.439 e. The summed E-state index contributed by atoms with van der Waals surface area (Å²) in [6, 6.07) is 13.1. The minimum absolute atomic E-state index is 0.143. The van der Waals surface area contributed by atoms with Gasteiger partial charge in [0.1, 0.15) is 5.75 Å². The van der Waals surface area contributed by atoms with Crippen LogP contribution in [0.2, 0.25) is 0 Å². The summed E-state index contributed by atoms with van der Waals surface area (Å²) in [5.41, 5.74) is 6.21. The first-order chi connectivity index (χ1) is 11.7. The fourth-order valence-electron chi connectivity index (χ4n) is 2.51. The molecule has 1 aliphatic heterocycles. The zero-order valence-corrected chi connectivity index (χ0v) is 13.4. The highest BCUT2D eigenvalue weighted by molar-refractivity contribution is 5.86. The van der Waals surface area contributed by atoms with Crippen LogP contribution in [0.25, 0.3) is 0 Å². The fourth-order valence-corrected chi connectivity index (χ4v) is 2.51. The van der Waals surface area contributed by atoms with Crippen molar-refractivity contribution >= 4 is 5.91 Å². The number of carbonyl (C=O) groups excluding carboxylic acids is 1. The molecule has 2 aromatic rings. The molecule has 0 spiro atoms. The van der Waals surface area contributed by atoms with Gasteiger partial charge in [-0.2, -0.15) is 0 Å². The molecule has 1 amide bonds. The summed E-state index contributed by atoms with van der Waals surface area (Å²) in [5.74, 6) is 1.10. The maximum absolute atomic E-state index is 12.3. The quantitative estimate of drug-likeness (QED) is 0.877. The molecule has 0 unspecified atom stereocenters. The molecule has 1 aromatic carbocycles. The van der Waals surface area contributed by atoms with E-state index in [-0.39, 0.29) is 5.91 Å². The number of aromatic nitrogens is 1. The van der Waals surface area contributed by atoms with Gasteiger partial charge in [-0.05, 0) is 30.5 Å². The number of hydrogen-bond acceptors (Lipinski definition) is 5. The zero-order chi connectivity index (χ0) is 16.8. The smallest absolute Gasteiger partial charge is 0.240 e. The van der Waals surface area contributed by atoms with Crippen LogP contribution < -0.4 is 15.8 Å². The molecular weight excluding hydrogens is 306 g/mol. The lowest BCUT2D eigenvalue weighted by Crippen LogP contribution is -2.56. The third-order valence-electron chi connectivity index (χ3n) is 4.05. The van der Waals surface area contributed by atoms with E-state index in [4.69, 9.17) is 15.2 Å². The lowest BCUT2D eigenvalue weighted by molar-refractivity contribution is -0.129. The van der Waals surface area contributed by atoms with Crippen molar-refractivity contribution in [3.63, 3.8) is 0 Å². The molecule has 1 saturated heterocycles. The summed E-state index contributed by atoms with van der Waals surface area (Å²) < 4.78 is 10.9. The van der Waals surface area contributed by atoms with Crippen molar-refractivity contribution in [1.82, 2.24) is 10.3 Å². The van der Waals surface area contributed by atoms with Gasteiger partial charge in [0, 0.05) is 32.0 Å². The van der Waals surface area contributed by atoms with E-state index in [2.05, 4.69) is 10.3 Å². The first-order valence-corrected chi connectivity index (χ1v) is 7.98. The van der Waals surface area contributed by atoms with Crippen LogP contribution in [0.4, 0.5) is 0 Å². The van der Waals surface area contributed by atoms with Crippen molar-refractivity contribution in [2.75, 3.05) is 13.2 Å². The molecule has 3 rings (SSSR count). The van der Waals surface area contributed by atoms with E-state index >= 15 is 0 Å². The fraction of sp³-hybridized carbons (Fsp3) is 0.333. The summed E-state index contributed by atoms with van der Waals surface area (Å²) in [6.45, 7) is 1.44. The highest BCUT2D eigenvalue weighted by atomic mass is 16.5. The van der Waals surface area contributed by atoms with Crippen molar-refractivity contribution in [2.24, 2.45) is 5.73 Å². The molecular formula is C18H21N3O3. The van der Waals surface area contributed by atoms with Crippen molar-refractivity contribution in [3.8, 4) is 11.6 Å². The third kappa shape index (κ3) is 4.10. The Morgan fingerprint density at radius 1 is 1.21 bits per heavy atom. The van der Waals surface area contributed by atoms with E-state index in [1.807, 2.05) is 36.4 Å². The maximum atomic E-state index is 12.3. The zero-order valence-electron chi connectivity index (χ0n) is 13.4. The van der Waals surface area contributed by atoms with E-state index in [9.17, 15) is 4.79 Å². The molecule has 1 aliphatic rings. The van der Waals surface area contributed by atoms with E-state index in [1.54, 1.807) is 12.3 Å². The summed E-state index contributed by atoms with van der Waals surface area (Å²) in [6.07, 6.45) is 2.77. The number of ether oxygens (including phenoxy) is 2. The molecule has 3 N–H and O–H groups in total. The molecule has 1 fully saturated rings. The molecule has 1 aromatic heterocycles. The standard InChI is InChI=1S/C18H21N3O3/c19-18(8-10-23-11-9-18)17(22)21-13-14-6-7-16(20-12-14)24-15-4-2-1-3-5-15/h1-7,12H,8-11,13,19H2,(H,21,22). The number of amides is 1. The summed E-state index contributed by atoms with van der Waals surface area (Å²) in [7, 11) is 0. The first-order valence-electron chi connectivity index (χ1n) is 7.98. The number of pyridine rings is 1. The average molecular weight is 327 g/mol. The van der Waals surface area contributed by atoms with Gasteiger partial charge in [0.05, 0.1) is 5.54 Å². The Labute approximate surface area is 141 Å². The van der Waals surface area contributed by atoms with Crippen LogP contribution in [0.5, 0.6) is 11.6 Å². The van der Waals surface area contributed by atoms with Crippen molar-refractivity contribution in [2.45, 2.75) is 24.9 Å². The van der Waals surface area contributed by atoms with Crippen molar-refractivity contribution in [1.29, 1.82) is 0 Å². The molecule has 0 radical (unpaired) electrons. The number of para-hydroxylation sites is 1. The van der Waals surface area contributed by atoms with Crippen LogP contribution in [0.3, 0.4) is 0 Å². The van der Waals surface area contributed by atoms with Crippen molar-refractivity contribution < 1.29 is 14.3 Å². The van der Waals surface area contributed by atoms with E-state index in [1.165, 1.54) is 0 Å². The Morgan fingerprint density at radius 3 is 2.62 bits per heavy atom. The van der Waals surface area contributed by atoms with Crippen molar-refractivity contribution in [3.05, 3.63) is 54.2 Å². The third-order valence-corrected chi connectivity index (χ3v) is 4.05. The Kier molecular flexibility index (Phi) is 5.08. The van der Waals surface area contributed by atoms with Crippen LogP contribution in [-0.2, 0) is 16.1 Å². The van der Waals surface area contributed by atoms with Crippen LogP contribution in [0.15, 0.2) is 48.7 Å². The number of nitrogens with two attached hydrogens (primary N) is 1. The van der Waals surface area contributed by atoms with Gasteiger partial charge in [-0.15, -0.1) is 0 Å². The number of nitrogens with zero attached hydrogens (tertiary/aromatic N) is 1. The number of hydrogen-bond donors (Lipinski definition) is 2. The number of rotatable bonds is 5. The first kappa shape index (κ1) is 16.4. The molecule has 0 saturated carbocycles. The van der Waals surface area contributed by atoms with E-state index in [0.29, 0.717) is 38.5 Å². The number of nitrogens with one attached hydrogen (secondary N) is 1. The predicted octanol–water partition coefficient (Wildman–Crippen LogP) is 2.00. The second kappa shape index (κ2) is 7.42. The van der Waals surface area contributed by atoms with Gasteiger partial charge < -0.3 is 20.5 Å². The van der Waals surface area contributed by atoms with Gasteiger partial charge >= 0.3 is 0 Å². The molecule has 6 heteroatoms. The summed E-state index contributed by atoms with van der Waals surface area (Å²) in [4.78, 5) is 16.5. The lowest BCUT2D eigenvalue weighted by atomic mass is 9.90. The van der Waals surface area contributed by atoms with Gasteiger partial charge in [-0.25, -0.2) is 4.98 Å². The largest absolute Gasteiger partial charge is 0.439 e. The minimum atomic E-state index is -0.831. The molecule has 0 atom stereocenters. The molecule has 0 bridgehead atoms. The second-order valence-electron chi connectivity index (χ2n) is 5.87. The van der Waals surface area contributed by atoms with Gasteiger partial charge in [0.2, 0.25) is 11.8 Å². The number of carbonyl (C=O) groups is 1. The average Bonchev–Trinajstić information content (AvgIpc) is 2.62. The van der Waals surface area contributed by atoms with Gasteiger partial charge in [-0.1, -0.05) is 24.3 Å². The lowest BCUT2D eigenvalue weighted by Gasteiger charge is -2.31. The molecule has 126 valence electrons. The van der Waals surface area contributed by atoms with Crippen LogP contribution in [0, 0.1) is 0 Å². The van der Waals surface area contributed by atoms with Gasteiger partial charge in [0.25, 0.3) is 0 Å². The monoisotopic (exact) mass is 327 g/mol. The van der Waals surface area contributed by atoms with Gasteiger partial charge in [0.15, 0.2) is 0 Å². The molecule has 24 heavy (non-hydrogen) atoms. The van der Waals surface area contributed by atoms with Crippen LogP contribution in [0.1, 0.15) is 18.4 Å². The molecule has 6 nitrogen and oxygen atoms in total. The molecule has 2 heterocycles. The molecule has 0 aliphatic carbocycles. The van der Waals surface area contributed by atoms with Crippen LogP contribution >= 0.6 is 0 Å². The van der Waals surface area contributed by atoms with E-state index < -0.39 is 5.54 Å². The van der Waals surface area contributed by atoms with Gasteiger partial charge in [-0.3, -0.25) is 4.79 Å². The topological polar surface area (TPSA) is 86.5 Å². The summed E-state index contributed by atoms with van der Waals surface area (Å²) >= 11 is 0. The Hall–Kier alpha value is -2.44. The predicted molar refractivity (Wildman–Crippen MR) is 89.6 cm³/mol. The Balaban J connectivity index is 1.53. The summed E-state index contributed by atoms with van der Waals surface area (Å²) in [5, 5.41) is 2.88. The highest BCUT2D eigenvalue weighted by Gasteiger charge is 2.35. The van der Waals surface area contributed by atoms with E-state index in [0.717, 1.165) is 11.3 Å². The SMILES string of the molecule is NC1(C(=O)NCc2ccc(Oc3ccccc3)nc2)CCOCC1. The maximum Gasteiger partial charge on any atom is 0.240 e. The second-order valence-corrected chi connectivity index (χ2v) is 5.87. The normalized spacial score (nSPS) is 16.4. The Bertz CT molecular complexity index is 668. The number of benzene rings is 1. The Morgan fingerprint density at radius 2 is 1.96 bits per heavy atom.